The summed E-state index contributed by atoms with van der Waals surface area (Å²) in [5, 5.41) is 4.16. The van der Waals surface area contributed by atoms with Crippen LogP contribution in [0.4, 0.5) is 0 Å². The lowest BCUT2D eigenvalue weighted by atomic mass is 10.1. The van der Waals surface area contributed by atoms with Crippen molar-refractivity contribution in [3.05, 3.63) is 60.2 Å². The number of hydrogen-bond acceptors (Lipinski definition) is 3. The van der Waals surface area contributed by atoms with E-state index in [1.54, 1.807) is 17.2 Å². The number of nitrogens with zero attached hydrogens (tertiary/aromatic N) is 1. The van der Waals surface area contributed by atoms with Crippen molar-refractivity contribution in [1.82, 2.24) is 15.2 Å². The van der Waals surface area contributed by atoms with Gasteiger partial charge in [0, 0.05) is 36.6 Å². The highest BCUT2D eigenvalue weighted by molar-refractivity contribution is 5.89. The van der Waals surface area contributed by atoms with E-state index < -0.39 is 0 Å². The normalized spacial score (nSPS) is 17.2. The third-order valence-electron chi connectivity index (χ3n) is 4.88. The number of rotatable bonds is 6. The maximum atomic E-state index is 12.4. The van der Waals surface area contributed by atoms with Gasteiger partial charge in [-0.05, 0) is 30.2 Å². The molecule has 0 bridgehead atoms. The molecule has 134 valence electrons. The van der Waals surface area contributed by atoms with Crippen LogP contribution in [0.5, 0.6) is 0 Å². The minimum atomic E-state index is -0.291. The van der Waals surface area contributed by atoms with Crippen molar-refractivity contribution in [2.75, 3.05) is 13.1 Å². The number of furan rings is 1. The molecule has 0 radical (unpaired) electrons. The number of aromatic nitrogens is 1. The Morgan fingerprint density at radius 1 is 1.27 bits per heavy atom. The summed E-state index contributed by atoms with van der Waals surface area (Å²) >= 11 is 0. The molecular weight excluding hydrogens is 330 g/mol. The number of benzene rings is 1. The van der Waals surface area contributed by atoms with Gasteiger partial charge in [-0.3, -0.25) is 9.59 Å². The first-order chi connectivity index (χ1) is 12.7. The van der Waals surface area contributed by atoms with Gasteiger partial charge >= 0.3 is 0 Å². The highest BCUT2D eigenvalue weighted by Crippen LogP contribution is 2.21. The first kappa shape index (κ1) is 16.4. The molecule has 2 aromatic heterocycles. The average molecular weight is 351 g/mol. The minimum Gasteiger partial charge on any atom is -0.467 e. The van der Waals surface area contributed by atoms with Gasteiger partial charge in [0.2, 0.25) is 11.8 Å². The van der Waals surface area contributed by atoms with E-state index >= 15 is 0 Å². The molecule has 6 heteroatoms. The van der Waals surface area contributed by atoms with E-state index in [0.29, 0.717) is 19.6 Å². The Morgan fingerprint density at radius 3 is 3.00 bits per heavy atom. The number of carbonyl (C=O) groups excluding carboxylic acids is 2. The lowest BCUT2D eigenvalue weighted by Gasteiger charge is -2.15. The molecule has 0 aliphatic carbocycles. The van der Waals surface area contributed by atoms with Crippen LogP contribution in [0.15, 0.2) is 53.3 Å². The molecule has 1 aromatic carbocycles. The summed E-state index contributed by atoms with van der Waals surface area (Å²) in [6.45, 7) is 1.42. The number of nitrogens with one attached hydrogen (secondary N) is 2. The fourth-order valence-electron chi connectivity index (χ4n) is 3.49. The highest BCUT2D eigenvalue weighted by Gasteiger charge is 2.34. The van der Waals surface area contributed by atoms with Crippen molar-refractivity contribution >= 4 is 22.7 Å². The SMILES string of the molecule is O=C(NCCc1c[nH]c2ccccc12)[C@@H]1CC(=O)N(Cc2ccco2)C1. The van der Waals surface area contributed by atoms with Gasteiger partial charge < -0.3 is 19.6 Å². The Morgan fingerprint density at radius 2 is 2.15 bits per heavy atom. The molecule has 4 rings (SSSR count). The molecule has 1 fully saturated rings. The second kappa shape index (κ2) is 7.07. The van der Waals surface area contributed by atoms with Crippen molar-refractivity contribution in [2.45, 2.75) is 19.4 Å². The number of hydrogen-bond donors (Lipinski definition) is 2. The zero-order valence-electron chi connectivity index (χ0n) is 14.4. The number of fused-ring (bicyclic) bond motifs is 1. The summed E-state index contributed by atoms with van der Waals surface area (Å²) in [6.07, 6.45) is 4.60. The molecule has 3 heterocycles. The van der Waals surface area contributed by atoms with Crippen LogP contribution >= 0.6 is 0 Å². The van der Waals surface area contributed by atoms with Crippen molar-refractivity contribution < 1.29 is 14.0 Å². The number of likely N-dealkylation sites (tertiary alicyclic amines) is 1. The molecule has 3 aromatic rings. The topological polar surface area (TPSA) is 78.3 Å². The van der Waals surface area contributed by atoms with Gasteiger partial charge in [0.1, 0.15) is 5.76 Å². The summed E-state index contributed by atoms with van der Waals surface area (Å²) in [7, 11) is 0. The Labute approximate surface area is 151 Å². The molecule has 6 nitrogen and oxygen atoms in total. The number of H-pyrrole nitrogens is 1. The van der Waals surface area contributed by atoms with Crippen molar-refractivity contribution in [3.8, 4) is 0 Å². The van der Waals surface area contributed by atoms with Gasteiger partial charge in [0.05, 0.1) is 18.7 Å². The van der Waals surface area contributed by atoms with Crippen LogP contribution in [0.1, 0.15) is 17.7 Å². The van der Waals surface area contributed by atoms with Gasteiger partial charge in [-0.2, -0.15) is 0 Å². The van der Waals surface area contributed by atoms with Crippen molar-refractivity contribution in [1.29, 1.82) is 0 Å². The van der Waals surface area contributed by atoms with E-state index in [1.807, 2.05) is 30.5 Å². The molecule has 2 N–H and O–H groups in total. The minimum absolute atomic E-state index is 0.00169. The Balaban J connectivity index is 1.29. The predicted octanol–water partition coefficient (Wildman–Crippen LogP) is 2.47. The highest BCUT2D eigenvalue weighted by atomic mass is 16.3. The van der Waals surface area contributed by atoms with Crippen LogP contribution in [0.3, 0.4) is 0 Å². The molecule has 0 spiro atoms. The Bertz CT molecular complexity index is 913. The van der Waals surface area contributed by atoms with Crippen LogP contribution in [0, 0.1) is 5.92 Å². The van der Waals surface area contributed by atoms with E-state index in [2.05, 4.69) is 16.4 Å². The lowest BCUT2D eigenvalue weighted by Crippen LogP contribution is -2.34. The lowest BCUT2D eigenvalue weighted by molar-refractivity contribution is -0.129. The zero-order valence-corrected chi connectivity index (χ0v) is 14.4. The number of aromatic amines is 1. The molecule has 1 aliphatic heterocycles. The van der Waals surface area contributed by atoms with Crippen LogP contribution in [-0.2, 0) is 22.6 Å². The molecule has 1 aliphatic rings. The summed E-state index contributed by atoms with van der Waals surface area (Å²) in [6, 6.07) is 11.7. The molecule has 1 atom stereocenters. The molecule has 0 unspecified atom stereocenters. The predicted molar refractivity (Wildman–Crippen MR) is 97.2 cm³/mol. The largest absolute Gasteiger partial charge is 0.467 e. The second-order valence-electron chi connectivity index (χ2n) is 6.66. The van der Waals surface area contributed by atoms with E-state index in [1.165, 1.54) is 10.9 Å². The van der Waals surface area contributed by atoms with Gasteiger partial charge in [0.25, 0.3) is 0 Å². The molecular formula is C20H21N3O3. The molecule has 2 amide bonds. The van der Waals surface area contributed by atoms with Crippen molar-refractivity contribution in [2.24, 2.45) is 5.92 Å². The van der Waals surface area contributed by atoms with E-state index in [0.717, 1.165) is 17.7 Å². The number of carbonyl (C=O) groups is 2. The maximum Gasteiger partial charge on any atom is 0.225 e. The monoisotopic (exact) mass is 351 g/mol. The number of para-hydroxylation sites is 1. The van der Waals surface area contributed by atoms with Gasteiger partial charge in [-0.25, -0.2) is 0 Å². The van der Waals surface area contributed by atoms with E-state index in [9.17, 15) is 9.59 Å². The van der Waals surface area contributed by atoms with Gasteiger partial charge in [-0.1, -0.05) is 18.2 Å². The number of amides is 2. The quantitative estimate of drug-likeness (QED) is 0.716. The fraction of sp³-hybridized carbons (Fsp3) is 0.300. The first-order valence-electron chi connectivity index (χ1n) is 8.83. The summed E-state index contributed by atoms with van der Waals surface area (Å²) in [5.41, 5.74) is 2.28. The Kier molecular flexibility index (Phi) is 4.48. The summed E-state index contributed by atoms with van der Waals surface area (Å²) in [4.78, 5) is 29.5. The van der Waals surface area contributed by atoms with E-state index in [-0.39, 0.29) is 24.2 Å². The van der Waals surface area contributed by atoms with Gasteiger partial charge in [0.15, 0.2) is 0 Å². The second-order valence-corrected chi connectivity index (χ2v) is 6.66. The van der Waals surface area contributed by atoms with Crippen LogP contribution in [-0.4, -0.2) is 34.8 Å². The van der Waals surface area contributed by atoms with Crippen LogP contribution in [0.2, 0.25) is 0 Å². The average Bonchev–Trinajstić information content (AvgIpc) is 3.37. The first-order valence-corrected chi connectivity index (χ1v) is 8.83. The summed E-state index contributed by atoms with van der Waals surface area (Å²) in [5.74, 6) is 0.387. The van der Waals surface area contributed by atoms with Crippen LogP contribution in [0.25, 0.3) is 10.9 Å². The van der Waals surface area contributed by atoms with Crippen molar-refractivity contribution in [3.63, 3.8) is 0 Å². The molecule has 0 saturated carbocycles. The summed E-state index contributed by atoms with van der Waals surface area (Å²) < 4.78 is 5.28. The fourth-order valence-corrected chi connectivity index (χ4v) is 3.49. The third-order valence-corrected chi connectivity index (χ3v) is 4.88. The molecule has 26 heavy (non-hydrogen) atoms. The maximum absolute atomic E-state index is 12.4. The molecule has 1 saturated heterocycles. The van der Waals surface area contributed by atoms with Gasteiger partial charge in [-0.15, -0.1) is 0 Å². The van der Waals surface area contributed by atoms with Crippen LogP contribution < -0.4 is 5.32 Å². The zero-order chi connectivity index (χ0) is 17.9. The Hall–Kier alpha value is -3.02. The van der Waals surface area contributed by atoms with E-state index in [4.69, 9.17) is 4.42 Å². The third kappa shape index (κ3) is 3.35. The standard InChI is InChI=1S/C20H21N3O3/c24-19-10-15(12-23(19)13-16-4-3-9-26-16)20(25)21-8-7-14-11-22-18-6-2-1-5-17(14)18/h1-6,9,11,15,22H,7-8,10,12-13H2,(H,21,25)/t15-/m1/s1. The smallest absolute Gasteiger partial charge is 0.225 e.